The smallest absolute Gasteiger partial charge is 0.310 e. The van der Waals surface area contributed by atoms with Crippen molar-refractivity contribution in [3.05, 3.63) is 11.8 Å². The number of likely N-dealkylation sites (N-methyl/N-ethyl adjacent to an activating group) is 1. The van der Waals surface area contributed by atoms with Gasteiger partial charge < -0.3 is 9.64 Å². The second-order valence-electron chi connectivity index (χ2n) is 6.56. The van der Waals surface area contributed by atoms with Crippen LogP contribution in [0, 0.1) is 0 Å². The average molecular weight is 323 g/mol. The Morgan fingerprint density at radius 1 is 1.00 bits per heavy atom. The van der Waals surface area contributed by atoms with E-state index in [1.165, 1.54) is 68.8 Å². The van der Waals surface area contributed by atoms with E-state index in [2.05, 4.69) is 6.92 Å². The van der Waals surface area contributed by atoms with Crippen molar-refractivity contribution in [3.63, 3.8) is 0 Å². The Kier molecular flexibility index (Phi) is 10.4. The normalized spacial score (nSPS) is 14.3. The van der Waals surface area contributed by atoms with Crippen molar-refractivity contribution in [2.24, 2.45) is 0 Å². The molecule has 0 aromatic rings. The van der Waals surface area contributed by atoms with Crippen LogP contribution in [0.25, 0.3) is 0 Å². The van der Waals surface area contributed by atoms with E-state index < -0.39 is 0 Å². The standard InChI is InChI=1S/C19H33NO3/c1-3-4-5-6-7-8-9-10-11-12-13-14-19(22)23-17-15-18(21)20(2)16-17/h15H,3-14,16H2,1-2H3. The van der Waals surface area contributed by atoms with Crippen molar-refractivity contribution in [2.75, 3.05) is 13.6 Å². The van der Waals surface area contributed by atoms with E-state index in [-0.39, 0.29) is 11.9 Å². The minimum Gasteiger partial charge on any atom is -0.429 e. The van der Waals surface area contributed by atoms with E-state index in [0.717, 1.165) is 12.8 Å². The summed E-state index contributed by atoms with van der Waals surface area (Å²) in [5.74, 6) is 0.170. The average Bonchev–Trinajstić information content (AvgIpc) is 2.82. The first-order chi connectivity index (χ1) is 11.1. The van der Waals surface area contributed by atoms with Gasteiger partial charge in [0, 0.05) is 19.5 Å². The molecule has 0 aromatic heterocycles. The van der Waals surface area contributed by atoms with Gasteiger partial charge in [0.25, 0.3) is 0 Å². The monoisotopic (exact) mass is 323 g/mol. The van der Waals surface area contributed by atoms with Gasteiger partial charge in [-0.15, -0.1) is 0 Å². The largest absolute Gasteiger partial charge is 0.429 e. The highest BCUT2D eigenvalue weighted by Gasteiger charge is 2.20. The second kappa shape index (κ2) is 12.1. The number of hydrogen-bond acceptors (Lipinski definition) is 3. The van der Waals surface area contributed by atoms with E-state index in [4.69, 9.17) is 4.74 Å². The van der Waals surface area contributed by atoms with Crippen LogP contribution < -0.4 is 0 Å². The summed E-state index contributed by atoms with van der Waals surface area (Å²) >= 11 is 0. The zero-order chi connectivity index (χ0) is 16.9. The van der Waals surface area contributed by atoms with Crippen LogP contribution in [0.4, 0.5) is 0 Å². The first-order valence-electron chi connectivity index (χ1n) is 9.30. The third kappa shape index (κ3) is 9.42. The number of rotatable bonds is 13. The number of carbonyl (C=O) groups is 2. The topological polar surface area (TPSA) is 46.6 Å². The van der Waals surface area contributed by atoms with Crippen LogP contribution in [0.5, 0.6) is 0 Å². The maximum absolute atomic E-state index is 11.7. The molecule has 4 heteroatoms. The molecule has 132 valence electrons. The van der Waals surface area contributed by atoms with Crippen LogP contribution in [0.15, 0.2) is 11.8 Å². The number of amides is 1. The Labute approximate surface area is 141 Å². The first-order valence-corrected chi connectivity index (χ1v) is 9.30. The summed E-state index contributed by atoms with van der Waals surface area (Å²) in [5, 5.41) is 0. The van der Waals surface area contributed by atoms with Gasteiger partial charge in [-0.1, -0.05) is 71.1 Å². The Bertz CT molecular complexity index is 390. The van der Waals surface area contributed by atoms with Gasteiger partial charge in [-0.25, -0.2) is 0 Å². The predicted octanol–water partition coefficient (Wildman–Crippen LogP) is 4.59. The van der Waals surface area contributed by atoms with Crippen LogP contribution in [0.2, 0.25) is 0 Å². The van der Waals surface area contributed by atoms with Crippen LogP contribution >= 0.6 is 0 Å². The maximum Gasteiger partial charge on any atom is 0.310 e. The molecule has 0 N–H and O–H groups in total. The summed E-state index contributed by atoms with van der Waals surface area (Å²) < 4.78 is 5.20. The van der Waals surface area contributed by atoms with Crippen molar-refractivity contribution in [1.82, 2.24) is 4.90 Å². The van der Waals surface area contributed by atoms with E-state index in [9.17, 15) is 9.59 Å². The fourth-order valence-electron chi connectivity index (χ4n) is 2.80. The van der Waals surface area contributed by atoms with Gasteiger partial charge >= 0.3 is 5.97 Å². The van der Waals surface area contributed by atoms with Crippen LogP contribution in [-0.4, -0.2) is 30.4 Å². The van der Waals surface area contributed by atoms with Crippen molar-refractivity contribution in [2.45, 2.75) is 84.0 Å². The fraction of sp³-hybridized carbons (Fsp3) is 0.789. The molecule has 0 aromatic carbocycles. The predicted molar refractivity (Wildman–Crippen MR) is 92.9 cm³/mol. The molecule has 1 heterocycles. The third-order valence-electron chi connectivity index (χ3n) is 4.28. The summed E-state index contributed by atoms with van der Waals surface area (Å²) in [6.45, 7) is 2.65. The van der Waals surface area contributed by atoms with E-state index in [0.29, 0.717) is 18.7 Å². The summed E-state index contributed by atoms with van der Waals surface area (Å²) in [4.78, 5) is 24.5. The Morgan fingerprint density at radius 2 is 1.52 bits per heavy atom. The Morgan fingerprint density at radius 3 is 2.00 bits per heavy atom. The highest BCUT2D eigenvalue weighted by molar-refractivity contribution is 5.91. The van der Waals surface area contributed by atoms with Gasteiger partial charge in [0.05, 0.1) is 6.54 Å². The lowest BCUT2D eigenvalue weighted by molar-refractivity contribution is -0.139. The van der Waals surface area contributed by atoms with Crippen LogP contribution in [-0.2, 0) is 14.3 Å². The number of carbonyl (C=O) groups excluding carboxylic acids is 2. The lowest BCUT2D eigenvalue weighted by atomic mass is 10.1. The molecule has 0 aliphatic carbocycles. The van der Waals surface area contributed by atoms with Gasteiger partial charge in [-0.3, -0.25) is 9.59 Å². The molecule has 1 aliphatic rings. The van der Waals surface area contributed by atoms with Gasteiger partial charge in [0.2, 0.25) is 5.91 Å². The SMILES string of the molecule is CCCCCCCCCCCCCC(=O)OC1=CC(=O)N(C)C1. The number of esters is 1. The molecule has 0 bridgehead atoms. The van der Waals surface area contributed by atoms with Crippen molar-refractivity contribution < 1.29 is 14.3 Å². The fourth-order valence-corrected chi connectivity index (χ4v) is 2.80. The molecule has 1 rings (SSSR count). The number of ether oxygens (including phenoxy) is 1. The highest BCUT2D eigenvalue weighted by atomic mass is 16.5. The lowest BCUT2D eigenvalue weighted by Gasteiger charge is -2.08. The third-order valence-corrected chi connectivity index (χ3v) is 4.28. The number of unbranched alkanes of at least 4 members (excludes halogenated alkanes) is 10. The molecule has 0 unspecified atom stereocenters. The van der Waals surface area contributed by atoms with E-state index in [1.807, 2.05) is 0 Å². The van der Waals surface area contributed by atoms with Crippen LogP contribution in [0.3, 0.4) is 0 Å². The van der Waals surface area contributed by atoms with Gasteiger partial charge in [-0.05, 0) is 6.42 Å². The Hall–Kier alpha value is -1.32. The summed E-state index contributed by atoms with van der Waals surface area (Å²) in [6.07, 6.45) is 15.8. The minimum atomic E-state index is -0.213. The summed E-state index contributed by atoms with van der Waals surface area (Å²) in [6, 6.07) is 0. The van der Waals surface area contributed by atoms with E-state index >= 15 is 0 Å². The zero-order valence-electron chi connectivity index (χ0n) is 14.9. The molecule has 1 amide bonds. The molecule has 0 fully saturated rings. The van der Waals surface area contributed by atoms with Crippen molar-refractivity contribution >= 4 is 11.9 Å². The van der Waals surface area contributed by atoms with Gasteiger partial charge in [0.15, 0.2) is 0 Å². The molecule has 0 atom stereocenters. The van der Waals surface area contributed by atoms with Crippen molar-refractivity contribution in [1.29, 1.82) is 0 Å². The zero-order valence-corrected chi connectivity index (χ0v) is 14.9. The quantitative estimate of drug-likeness (QED) is 0.368. The maximum atomic E-state index is 11.7. The lowest BCUT2D eigenvalue weighted by Crippen LogP contribution is -2.20. The van der Waals surface area contributed by atoms with Crippen molar-refractivity contribution in [3.8, 4) is 0 Å². The molecule has 4 nitrogen and oxygen atoms in total. The highest BCUT2D eigenvalue weighted by Crippen LogP contribution is 2.14. The number of nitrogens with zero attached hydrogens (tertiary/aromatic N) is 1. The summed E-state index contributed by atoms with van der Waals surface area (Å²) in [7, 11) is 1.70. The van der Waals surface area contributed by atoms with Gasteiger partial charge in [0.1, 0.15) is 5.76 Å². The van der Waals surface area contributed by atoms with Crippen LogP contribution in [0.1, 0.15) is 84.0 Å². The molecule has 23 heavy (non-hydrogen) atoms. The molecular formula is C19H33NO3. The first kappa shape index (κ1) is 19.7. The molecule has 0 saturated carbocycles. The molecule has 0 saturated heterocycles. The molecule has 1 aliphatic heterocycles. The number of hydrogen-bond donors (Lipinski definition) is 0. The van der Waals surface area contributed by atoms with Gasteiger partial charge in [-0.2, -0.15) is 0 Å². The molecule has 0 radical (unpaired) electrons. The minimum absolute atomic E-state index is 0.0949. The Balaban J connectivity index is 1.88. The molecular weight excluding hydrogens is 290 g/mol. The van der Waals surface area contributed by atoms with E-state index in [1.54, 1.807) is 7.05 Å². The molecule has 0 spiro atoms. The second-order valence-corrected chi connectivity index (χ2v) is 6.56. The summed E-state index contributed by atoms with van der Waals surface area (Å²) in [5.41, 5.74) is 0.